The molecule has 0 aliphatic carbocycles. The summed E-state index contributed by atoms with van der Waals surface area (Å²) in [4.78, 5) is 19.1. The molecule has 0 bridgehead atoms. The van der Waals surface area contributed by atoms with E-state index in [-0.39, 0.29) is 18.1 Å². The summed E-state index contributed by atoms with van der Waals surface area (Å²) in [5, 5.41) is 6.82. The summed E-state index contributed by atoms with van der Waals surface area (Å²) < 4.78 is 11.2. The molecule has 0 saturated carbocycles. The maximum atomic E-state index is 12.6. The van der Waals surface area contributed by atoms with Gasteiger partial charge in [-0.25, -0.2) is 4.98 Å². The number of amides is 1. The summed E-state index contributed by atoms with van der Waals surface area (Å²) in [7, 11) is 0. The van der Waals surface area contributed by atoms with E-state index in [9.17, 15) is 4.79 Å². The summed E-state index contributed by atoms with van der Waals surface area (Å²) in [6, 6.07) is 0. The van der Waals surface area contributed by atoms with Crippen LogP contribution in [0, 0.1) is 19.8 Å². The van der Waals surface area contributed by atoms with Crippen LogP contribution in [0.15, 0.2) is 16.1 Å². The first kappa shape index (κ1) is 14.8. The van der Waals surface area contributed by atoms with Crippen molar-refractivity contribution in [2.45, 2.75) is 38.9 Å². The van der Waals surface area contributed by atoms with Crippen molar-refractivity contribution >= 4 is 17.2 Å². The molecule has 0 spiro atoms. The van der Waals surface area contributed by atoms with Gasteiger partial charge in [-0.05, 0) is 26.7 Å². The summed E-state index contributed by atoms with van der Waals surface area (Å²) in [5.74, 6) is 0.966. The fraction of sp³-hybridized carbons (Fsp3) is 0.562. The Balaban J connectivity index is 1.45. The average Bonchev–Trinajstić information content (AvgIpc) is 3.24. The van der Waals surface area contributed by atoms with Crippen LogP contribution >= 0.6 is 11.3 Å². The molecule has 2 aliphatic heterocycles. The van der Waals surface area contributed by atoms with Crippen LogP contribution in [0.4, 0.5) is 0 Å². The van der Waals surface area contributed by atoms with E-state index in [0.717, 1.165) is 30.1 Å². The van der Waals surface area contributed by atoms with Crippen LogP contribution in [0.5, 0.6) is 0 Å². The van der Waals surface area contributed by atoms with Crippen molar-refractivity contribution in [2.24, 2.45) is 5.92 Å². The van der Waals surface area contributed by atoms with Crippen LogP contribution in [0.2, 0.25) is 0 Å². The summed E-state index contributed by atoms with van der Waals surface area (Å²) >= 11 is 1.66. The molecule has 23 heavy (non-hydrogen) atoms. The molecule has 122 valence electrons. The third-order valence-corrected chi connectivity index (χ3v) is 5.76. The van der Waals surface area contributed by atoms with Crippen LogP contribution < -0.4 is 0 Å². The Morgan fingerprint density at radius 3 is 3.00 bits per heavy atom. The van der Waals surface area contributed by atoms with E-state index in [1.54, 1.807) is 18.3 Å². The van der Waals surface area contributed by atoms with Crippen molar-refractivity contribution in [3.05, 3.63) is 33.6 Å². The predicted molar refractivity (Wildman–Crippen MR) is 84.3 cm³/mol. The highest BCUT2D eigenvalue weighted by Crippen LogP contribution is 2.41. The fourth-order valence-electron chi connectivity index (χ4n) is 3.50. The Bertz CT molecular complexity index is 726. The number of hydrogen-bond donors (Lipinski definition) is 0. The highest BCUT2D eigenvalue weighted by atomic mass is 32.1. The molecular formula is C16H19N3O3S. The number of piperidine rings is 1. The Labute approximate surface area is 138 Å². The molecule has 7 heteroatoms. The summed E-state index contributed by atoms with van der Waals surface area (Å²) in [5.41, 5.74) is 1.61. The van der Waals surface area contributed by atoms with Crippen molar-refractivity contribution in [3.63, 3.8) is 0 Å². The lowest BCUT2D eigenvalue weighted by Crippen LogP contribution is -2.44. The number of aromatic nitrogens is 2. The van der Waals surface area contributed by atoms with Gasteiger partial charge in [0.15, 0.2) is 0 Å². The lowest BCUT2D eigenvalue weighted by molar-refractivity contribution is 0.00217. The molecule has 2 fully saturated rings. The van der Waals surface area contributed by atoms with E-state index >= 15 is 0 Å². The Kier molecular flexibility index (Phi) is 3.69. The number of nitrogens with zero attached hydrogens (tertiary/aromatic N) is 3. The number of thiazole rings is 1. The first-order valence-electron chi connectivity index (χ1n) is 7.90. The third-order valence-electron chi connectivity index (χ3n) is 4.70. The van der Waals surface area contributed by atoms with Gasteiger partial charge in [0.1, 0.15) is 22.4 Å². The summed E-state index contributed by atoms with van der Waals surface area (Å²) in [6.07, 6.45) is 3.63. The maximum absolute atomic E-state index is 12.6. The maximum Gasteiger partial charge on any atom is 0.259 e. The second-order valence-corrected chi connectivity index (χ2v) is 7.21. The van der Waals surface area contributed by atoms with E-state index < -0.39 is 0 Å². The number of hydrogen-bond acceptors (Lipinski definition) is 6. The van der Waals surface area contributed by atoms with Gasteiger partial charge in [-0.2, -0.15) is 0 Å². The van der Waals surface area contributed by atoms with Crippen LogP contribution in [-0.4, -0.2) is 40.1 Å². The average molecular weight is 333 g/mol. The predicted octanol–water partition coefficient (Wildman–Crippen LogP) is 2.74. The van der Waals surface area contributed by atoms with E-state index in [1.165, 1.54) is 6.20 Å². The van der Waals surface area contributed by atoms with Crippen LogP contribution in [-0.2, 0) is 4.74 Å². The van der Waals surface area contributed by atoms with Gasteiger partial charge < -0.3 is 14.2 Å². The molecule has 0 aromatic carbocycles. The molecule has 2 saturated heterocycles. The minimum absolute atomic E-state index is 0.00995. The molecule has 3 atom stereocenters. The molecule has 0 radical (unpaired) electrons. The van der Waals surface area contributed by atoms with Gasteiger partial charge >= 0.3 is 0 Å². The van der Waals surface area contributed by atoms with Crippen molar-refractivity contribution in [1.82, 2.24) is 15.0 Å². The van der Waals surface area contributed by atoms with Crippen molar-refractivity contribution in [1.29, 1.82) is 0 Å². The molecule has 2 aliphatic rings. The molecular weight excluding hydrogens is 314 g/mol. The number of fused-ring (bicyclic) bond motifs is 1. The molecule has 1 amide bonds. The van der Waals surface area contributed by atoms with E-state index in [1.807, 2.05) is 11.8 Å². The SMILES string of the molecule is Cc1csc([C@@H]2C[C@@H]3CN(C(=O)c4cnoc4C)CC[C@H]3O2)n1. The van der Waals surface area contributed by atoms with Gasteiger partial charge in [0, 0.05) is 30.1 Å². The smallest absolute Gasteiger partial charge is 0.259 e. The normalized spacial score (nSPS) is 27.2. The van der Waals surface area contributed by atoms with E-state index in [4.69, 9.17) is 9.26 Å². The van der Waals surface area contributed by atoms with Gasteiger partial charge in [-0.15, -0.1) is 11.3 Å². The van der Waals surface area contributed by atoms with Crippen molar-refractivity contribution in [3.8, 4) is 0 Å². The number of carbonyl (C=O) groups is 1. The minimum Gasteiger partial charge on any atom is -0.367 e. The zero-order valence-corrected chi connectivity index (χ0v) is 14.0. The quantitative estimate of drug-likeness (QED) is 0.845. The first-order chi connectivity index (χ1) is 11.1. The first-order valence-corrected chi connectivity index (χ1v) is 8.78. The highest BCUT2D eigenvalue weighted by Gasteiger charge is 2.42. The lowest BCUT2D eigenvalue weighted by atomic mass is 9.92. The Hall–Kier alpha value is -1.73. The largest absolute Gasteiger partial charge is 0.367 e. The number of rotatable bonds is 2. The number of carbonyl (C=O) groups excluding carboxylic acids is 1. The Morgan fingerprint density at radius 2 is 2.30 bits per heavy atom. The van der Waals surface area contributed by atoms with Crippen LogP contribution in [0.3, 0.4) is 0 Å². The number of likely N-dealkylation sites (tertiary alicyclic amines) is 1. The molecule has 2 aromatic rings. The highest BCUT2D eigenvalue weighted by molar-refractivity contribution is 7.09. The van der Waals surface area contributed by atoms with Gasteiger partial charge in [0.25, 0.3) is 5.91 Å². The van der Waals surface area contributed by atoms with Gasteiger partial charge in [0.2, 0.25) is 0 Å². The Morgan fingerprint density at radius 1 is 1.43 bits per heavy atom. The van der Waals surface area contributed by atoms with Gasteiger partial charge in [-0.3, -0.25) is 4.79 Å². The third kappa shape index (κ3) is 2.68. The second-order valence-electron chi connectivity index (χ2n) is 6.32. The minimum atomic E-state index is 0.00995. The van der Waals surface area contributed by atoms with E-state index in [0.29, 0.717) is 23.8 Å². The molecule has 0 N–H and O–H groups in total. The van der Waals surface area contributed by atoms with Crippen molar-refractivity contribution in [2.75, 3.05) is 13.1 Å². The van der Waals surface area contributed by atoms with E-state index in [2.05, 4.69) is 15.5 Å². The molecule has 0 unspecified atom stereocenters. The fourth-order valence-corrected chi connectivity index (χ4v) is 4.34. The standard InChI is InChI=1S/C16H19N3O3S/c1-9-8-23-15(18-9)14-5-11-7-19(4-3-13(11)21-14)16(20)12-6-17-22-10(12)2/h6,8,11,13-14H,3-5,7H2,1-2H3/t11-,13-,14+/m1/s1. The lowest BCUT2D eigenvalue weighted by Gasteiger charge is -2.33. The molecule has 2 aromatic heterocycles. The molecule has 4 heterocycles. The van der Waals surface area contributed by atoms with Crippen LogP contribution in [0.1, 0.15) is 45.8 Å². The summed E-state index contributed by atoms with van der Waals surface area (Å²) in [6.45, 7) is 5.22. The van der Waals surface area contributed by atoms with Crippen molar-refractivity contribution < 1.29 is 14.1 Å². The molecule has 6 nitrogen and oxygen atoms in total. The molecule has 4 rings (SSSR count). The van der Waals surface area contributed by atoms with Gasteiger partial charge in [-0.1, -0.05) is 5.16 Å². The number of ether oxygens (including phenoxy) is 1. The monoisotopic (exact) mass is 333 g/mol. The second kappa shape index (κ2) is 5.72. The topological polar surface area (TPSA) is 68.5 Å². The zero-order valence-electron chi connectivity index (χ0n) is 13.2. The van der Waals surface area contributed by atoms with Crippen LogP contribution in [0.25, 0.3) is 0 Å². The number of aryl methyl sites for hydroxylation is 2. The van der Waals surface area contributed by atoms with Gasteiger partial charge in [0.05, 0.1) is 12.3 Å². The zero-order chi connectivity index (χ0) is 16.0.